The molecule has 0 spiro atoms. The van der Waals surface area contributed by atoms with Crippen LogP contribution in [0.4, 0.5) is 4.39 Å². The third kappa shape index (κ3) is 3.35. The summed E-state index contributed by atoms with van der Waals surface area (Å²) in [6.45, 7) is 5.64. The fourth-order valence-corrected chi connectivity index (χ4v) is 2.37. The second-order valence-electron chi connectivity index (χ2n) is 4.48. The number of benzene rings is 1. The highest BCUT2D eigenvalue weighted by Crippen LogP contribution is 2.23. The van der Waals surface area contributed by atoms with Crippen molar-refractivity contribution in [1.82, 2.24) is 20.1 Å². The highest BCUT2D eigenvalue weighted by atomic mass is 35.5. The molecule has 4 nitrogen and oxygen atoms in total. The van der Waals surface area contributed by atoms with E-state index in [1.807, 2.05) is 18.5 Å². The predicted molar refractivity (Wildman–Crippen MR) is 77.2 cm³/mol. The zero-order valence-corrected chi connectivity index (χ0v) is 12.4. The van der Waals surface area contributed by atoms with Crippen molar-refractivity contribution in [2.24, 2.45) is 0 Å². The van der Waals surface area contributed by atoms with E-state index in [4.69, 9.17) is 11.6 Å². The van der Waals surface area contributed by atoms with Crippen molar-refractivity contribution < 1.29 is 4.39 Å². The molecule has 1 heterocycles. The van der Waals surface area contributed by atoms with E-state index >= 15 is 0 Å². The standard InChI is InChI=1S/C14H18ClFN4/c1-3-17-13(8-14-18-9-19-20(14)4-2)10-5-6-12(16)11(15)7-10/h5-7,9,13,17H,3-4,8H2,1-2H3. The predicted octanol–water partition coefficient (Wildman–Crippen LogP) is 2.98. The number of nitrogens with one attached hydrogen (secondary N) is 1. The first-order valence-corrected chi connectivity index (χ1v) is 7.08. The maximum Gasteiger partial charge on any atom is 0.141 e. The Balaban J connectivity index is 2.24. The fourth-order valence-electron chi connectivity index (χ4n) is 2.18. The van der Waals surface area contributed by atoms with Gasteiger partial charge >= 0.3 is 0 Å². The molecule has 20 heavy (non-hydrogen) atoms. The highest BCUT2D eigenvalue weighted by molar-refractivity contribution is 6.30. The Morgan fingerprint density at radius 1 is 1.40 bits per heavy atom. The van der Waals surface area contributed by atoms with Gasteiger partial charge in [0.15, 0.2) is 0 Å². The van der Waals surface area contributed by atoms with Crippen LogP contribution in [-0.2, 0) is 13.0 Å². The minimum atomic E-state index is -0.401. The maximum atomic E-state index is 13.3. The van der Waals surface area contributed by atoms with Gasteiger partial charge in [-0.15, -0.1) is 0 Å². The lowest BCUT2D eigenvalue weighted by atomic mass is 10.0. The smallest absolute Gasteiger partial charge is 0.141 e. The van der Waals surface area contributed by atoms with E-state index < -0.39 is 5.82 Å². The van der Waals surface area contributed by atoms with Gasteiger partial charge in [-0.05, 0) is 31.2 Å². The summed E-state index contributed by atoms with van der Waals surface area (Å²) in [5.74, 6) is 0.501. The third-order valence-corrected chi connectivity index (χ3v) is 3.47. The molecule has 0 aliphatic rings. The third-order valence-electron chi connectivity index (χ3n) is 3.18. The molecule has 1 aromatic heterocycles. The molecule has 0 radical (unpaired) electrons. The molecule has 0 aliphatic heterocycles. The molecule has 1 unspecified atom stereocenters. The summed E-state index contributed by atoms with van der Waals surface area (Å²) in [6, 6.07) is 4.84. The lowest BCUT2D eigenvalue weighted by Crippen LogP contribution is -2.24. The summed E-state index contributed by atoms with van der Waals surface area (Å²) in [5, 5.41) is 7.68. The second-order valence-corrected chi connectivity index (χ2v) is 4.89. The Morgan fingerprint density at radius 2 is 2.20 bits per heavy atom. The first kappa shape index (κ1) is 14.9. The number of likely N-dealkylation sites (N-methyl/N-ethyl adjacent to an activating group) is 1. The Hall–Kier alpha value is -1.46. The summed E-state index contributed by atoms with van der Waals surface area (Å²) in [7, 11) is 0. The second kappa shape index (κ2) is 6.81. The molecule has 108 valence electrons. The Bertz CT molecular complexity index is 570. The van der Waals surface area contributed by atoms with Gasteiger partial charge in [0.2, 0.25) is 0 Å². The van der Waals surface area contributed by atoms with Crippen LogP contribution in [0.3, 0.4) is 0 Å². The number of aromatic nitrogens is 3. The van der Waals surface area contributed by atoms with Crippen molar-refractivity contribution >= 4 is 11.6 Å². The summed E-state index contributed by atoms with van der Waals surface area (Å²) in [6.07, 6.45) is 2.24. The summed E-state index contributed by atoms with van der Waals surface area (Å²) >= 11 is 5.86. The van der Waals surface area contributed by atoms with Crippen LogP contribution >= 0.6 is 11.6 Å². The Labute approximate surface area is 123 Å². The number of nitrogens with zero attached hydrogens (tertiary/aromatic N) is 3. The van der Waals surface area contributed by atoms with Crippen molar-refractivity contribution in [3.05, 3.63) is 46.8 Å². The zero-order chi connectivity index (χ0) is 14.5. The number of aryl methyl sites for hydroxylation is 1. The van der Waals surface area contributed by atoms with E-state index in [0.717, 1.165) is 24.5 Å². The largest absolute Gasteiger partial charge is 0.310 e. The molecule has 6 heteroatoms. The summed E-state index contributed by atoms with van der Waals surface area (Å²) < 4.78 is 15.1. The van der Waals surface area contributed by atoms with Crippen LogP contribution in [0.1, 0.15) is 31.3 Å². The summed E-state index contributed by atoms with van der Waals surface area (Å²) in [4.78, 5) is 4.28. The Morgan fingerprint density at radius 3 is 2.85 bits per heavy atom. The van der Waals surface area contributed by atoms with Crippen molar-refractivity contribution in [3.8, 4) is 0 Å². The van der Waals surface area contributed by atoms with Gasteiger partial charge < -0.3 is 5.32 Å². The number of hydrogen-bond acceptors (Lipinski definition) is 3. The van der Waals surface area contributed by atoms with E-state index in [2.05, 4.69) is 15.4 Å². The van der Waals surface area contributed by atoms with Crippen LogP contribution < -0.4 is 5.32 Å². The summed E-state index contributed by atoms with van der Waals surface area (Å²) in [5.41, 5.74) is 0.948. The van der Waals surface area contributed by atoms with E-state index in [1.165, 1.54) is 6.07 Å². The van der Waals surface area contributed by atoms with Gasteiger partial charge in [-0.2, -0.15) is 5.10 Å². The average Bonchev–Trinajstić information content (AvgIpc) is 2.88. The molecular weight excluding hydrogens is 279 g/mol. The highest BCUT2D eigenvalue weighted by Gasteiger charge is 2.16. The lowest BCUT2D eigenvalue weighted by molar-refractivity contribution is 0.508. The van der Waals surface area contributed by atoms with Gasteiger partial charge in [0.05, 0.1) is 5.02 Å². The molecule has 1 aromatic carbocycles. The van der Waals surface area contributed by atoms with Crippen molar-refractivity contribution in [3.63, 3.8) is 0 Å². The van der Waals surface area contributed by atoms with Crippen LogP contribution in [0.15, 0.2) is 24.5 Å². The normalized spacial score (nSPS) is 12.6. The first-order valence-electron chi connectivity index (χ1n) is 6.70. The number of rotatable bonds is 6. The quantitative estimate of drug-likeness (QED) is 0.891. The minimum absolute atomic E-state index is 0.0348. The molecular formula is C14H18ClFN4. The van der Waals surface area contributed by atoms with E-state index in [0.29, 0.717) is 6.42 Å². The molecule has 1 atom stereocenters. The van der Waals surface area contributed by atoms with Gasteiger partial charge in [0.25, 0.3) is 0 Å². The molecule has 2 aromatic rings. The molecule has 0 amide bonds. The maximum absolute atomic E-state index is 13.3. The SMILES string of the molecule is CCNC(Cc1ncnn1CC)c1ccc(F)c(Cl)c1. The van der Waals surface area contributed by atoms with E-state index in [1.54, 1.807) is 18.5 Å². The molecule has 0 fully saturated rings. The molecule has 0 saturated carbocycles. The zero-order valence-electron chi connectivity index (χ0n) is 11.6. The van der Waals surface area contributed by atoms with Crippen LogP contribution in [-0.4, -0.2) is 21.3 Å². The molecule has 0 bridgehead atoms. The number of hydrogen-bond donors (Lipinski definition) is 1. The molecule has 1 N–H and O–H groups in total. The Kier molecular flexibility index (Phi) is 5.09. The van der Waals surface area contributed by atoms with E-state index in [-0.39, 0.29) is 11.1 Å². The van der Waals surface area contributed by atoms with E-state index in [9.17, 15) is 4.39 Å². The first-order chi connectivity index (χ1) is 9.65. The molecule has 0 aliphatic carbocycles. The number of halogens is 2. The van der Waals surface area contributed by atoms with Crippen molar-refractivity contribution in [1.29, 1.82) is 0 Å². The topological polar surface area (TPSA) is 42.7 Å². The van der Waals surface area contributed by atoms with Gasteiger partial charge in [-0.25, -0.2) is 9.37 Å². The molecule has 0 saturated heterocycles. The van der Waals surface area contributed by atoms with Crippen LogP contribution in [0, 0.1) is 5.82 Å². The van der Waals surface area contributed by atoms with Crippen LogP contribution in [0.25, 0.3) is 0 Å². The van der Waals surface area contributed by atoms with Gasteiger partial charge in [-0.3, -0.25) is 4.68 Å². The van der Waals surface area contributed by atoms with Gasteiger partial charge in [-0.1, -0.05) is 24.6 Å². The minimum Gasteiger partial charge on any atom is -0.310 e. The molecule has 2 rings (SSSR count). The fraction of sp³-hybridized carbons (Fsp3) is 0.429. The lowest BCUT2D eigenvalue weighted by Gasteiger charge is -2.18. The average molecular weight is 297 g/mol. The van der Waals surface area contributed by atoms with Gasteiger partial charge in [0, 0.05) is 19.0 Å². The van der Waals surface area contributed by atoms with Crippen molar-refractivity contribution in [2.75, 3.05) is 6.54 Å². The van der Waals surface area contributed by atoms with Crippen LogP contribution in [0.2, 0.25) is 5.02 Å². The van der Waals surface area contributed by atoms with Crippen molar-refractivity contribution in [2.45, 2.75) is 32.9 Å². The monoisotopic (exact) mass is 296 g/mol. The van der Waals surface area contributed by atoms with Gasteiger partial charge in [0.1, 0.15) is 18.0 Å². The van der Waals surface area contributed by atoms with Crippen LogP contribution in [0.5, 0.6) is 0 Å².